The molecule has 0 saturated heterocycles. The monoisotopic (exact) mass is 277 g/mol. The highest BCUT2D eigenvalue weighted by atomic mass is 16.5. The van der Waals surface area contributed by atoms with Crippen molar-refractivity contribution >= 4 is 17.6 Å². The van der Waals surface area contributed by atoms with Crippen LogP contribution in [0.3, 0.4) is 0 Å². The summed E-state index contributed by atoms with van der Waals surface area (Å²) >= 11 is 0. The molecule has 5 nitrogen and oxygen atoms in total. The zero-order chi connectivity index (χ0) is 14.9. The molecule has 2 rings (SSSR count). The molecular formula is C15H19NO4. The number of nitrogens with zero attached hydrogens (tertiary/aromatic N) is 1. The zero-order valence-electron chi connectivity index (χ0n) is 11.9. The molecule has 1 aliphatic heterocycles. The Morgan fingerprint density at radius 2 is 2.15 bits per heavy atom. The summed E-state index contributed by atoms with van der Waals surface area (Å²) in [5, 5.41) is 10.1. The maximum absolute atomic E-state index is 11.7. The van der Waals surface area contributed by atoms with Crippen LogP contribution in [0.4, 0.5) is 5.69 Å². The van der Waals surface area contributed by atoms with Crippen molar-refractivity contribution in [2.45, 2.75) is 33.4 Å². The second-order valence-corrected chi connectivity index (χ2v) is 5.05. The number of esters is 1. The summed E-state index contributed by atoms with van der Waals surface area (Å²) in [6.07, 6.45) is -0.207. The van der Waals surface area contributed by atoms with Crippen LogP contribution >= 0.6 is 0 Å². The van der Waals surface area contributed by atoms with Crippen molar-refractivity contribution < 1.29 is 19.4 Å². The van der Waals surface area contributed by atoms with E-state index in [0.717, 1.165) is 5.56 Å². The maximum Gasteiger partial charge on any atom is 0.338 e. The van der Waals surface area contributed by atoms with Crippen molar-refractivity contribution in [1.82, 2.24) is 0 Å². The highest BCUT2D eigenvalue weighted by molar-refractivity contribution is 5.95. The molecule has 1 heterocycles. The highest BCUT2D eigenvalue weighted by Crippen LogP contribution is 2.33. The van der Waals surface area contributed by atoms with Crippen LogP contribution in [0.2, 0.25) is 0 Å². The number of ether oxygens (including phenoxy) is 1. The van der Waals surface area contributed by atoms with Gasteiger partial charge in [-0.05, 0) is 37.1 Å². The SMILES string of the molecule is CCOC(=O)c1ccc2c(c1)CC(C)C(O)N2C(C)=O. The van der Waals surface area contributed by atoms with Gasteiger partial charge in [0.1, 0.15) is 6.23 Å². The largest absolute Gasteiger partial charge is 0.462 e. The number of benzene rings is 1. The standard InChI is InChI=1S/C15H19NO4/c1-4-20-15(19)11-5-6-13-12(8-11)7-9(2)14(18)16(13)10(3)17/h5-6,8-9,14,18H,4,7H2,1-3H3. The van der Waals surface area contributed by atoms with Crippen molar-refractivity contribution in [2.24, 2.45) is 5.92 Å². The number of hydrogen-bond acceptors (Lipinski definition) is 4. The van der Waals surface area contributed by atoms with Gasteiger partial charge in [0.05, 0.1) is 12.2 Å². The Hall–Kier alpha value is -1.88. The Balaban J connectivity index is 2.41. The summed E-state index contributed by atoms with van der Waals surface area (Å²) in [6, 6.07) is 5.05. The quantitative estimate of drug-likeness (QED) is 0.836. The zero-order valence-corrected chi connectivity index (χ0v) is 11.9. The van der Waals surface area contributed by atoms with Crippen molar-refractivity contribution in [3.05, 3.63) is 29.3 Å². The molecule has 1 N–H and O–H groups in total. The lowest BCUT2D eigenvalue weighted by atomic mass is 9.91. The third-order valence-electron chi connectivity index (χ3n) is 3.50. The number of carbonyl (C=O) groups excluding carboxylic acids is 2. The number of amides is 1. The van der Waals surface area contributed by atoms with Crippen LogP contribution in [-0.2, 0) is 16.0 Å². The first kappa shape index (κ1) is 14.5. The minimum atomic E-state index is -0.826. The molecule has 2 unspecified atom stereocenters. The molecular weight excluding hydrogens is 258 g/mol. The second kappa shape index (κ2) is 5.63. The van der Waals surface area contributed by atoms with Crippen LogP contribution < -0.4 is 4.90 Å². The molecule has 0 fully saturated rings. The van der Waals surface area contributed by atoms with E-state index in [1.807, 2.05) is 6.92 Å². The van der Waals surface area contributed by atoms with Gasteiger partial charge in [-0.1, -0.05) is 6.92 Å². The van der Waals surface area contributed by atoms with Gasteiger partial charge >= 0.3 is 5.97 Å². The van der Waals surface area contributed by atoms with E-state index in [1.54, 1.807) is 25.1 Å². The second-order valence-electron chi connectivity index (χ2n) is 5.05. The number of aliphatic hydroxyl groups is 1. The lowest BCUT2D eigenvalue weighted by Gasteiger charge is -2.37. The van der Waals surface area contributed by atoms with Crippen LogP contribution in [0.15, 0.2) is 18.2 Å². The van der Waals surface area contributed by atoms with Gasteiger partial charge in [0.15, 0.2) is 0 Å². The van der Waals surface area contributed by atoms with Gasteiger partial charge in [-0.15, -0.1) is 0 Å². The van der Waals surface area contributed by atoms with E-state index < -0.39 is 6.23 Å². The minimum Gasteiger partial charge on any atom is -0.462 e. The minimum absolute atomic E-state index is 0.0798. The summed E-state index contributed by atoms with van der Waals surface area (Å²) in [4.78, 5) is 24.8. The molecule has 1 aromatic rings. The van der Waals surface area contributed by atoms with Gasteiger partial charge in [-0.2, -0.15) is 0 Å². The first-order chi connectivity index (χ1) is 9.45. The fourth-order valence-electron chi connectivity index (χ4n) is 2.53. The third kappa shape index (κ3) is 2.54. The molecule has 1 aromatic carbocycles. The number of rotatable bonds is 2. The number of fused-ring (bicyclic) bond motifs is 1. The normalized spacial score (nSPS) is 21.3. The van der Waals surface area contributed by atoms with Crippen LogP contribution in [0.25, 0.3) is 0 Å². The van der Waals surface area contributed by atoms with Gasteiger partial charge in [-0.25, -0.2) is 4.79 Å². The smallest absolute Gasteiger partial charge is 0.338 e. The summed E-state index contributed by atoms with van der Waals surface area (Å²) < 4.78 is 4.97. The van der Waals surface area contributed by atoms with E-state index in [1.165, 1.54) is 11.8 Å². The van der Waals surface area contributed by atoms with Gasteiger partial charge in [-0.3, -0.25) is 9.69 Å². The van der Waals surface area contributed by atoms with Crippen LogP contribution in [0.1, 0.15) is 36.7 Å². The van der Waals surface area contributed by atoms with E-state index in [-0.39, 0.29) is 17.8 Å². The topological polar surface area (TPSA) is 66.8 Å². The van der Waals surface area contributed by atoms with Gasteiger partial charge in [0.25, 0.3) is 0 Å². The number of aliphatic hydroxyl groups excluding tert-OH is 1. The molecule has 0 bridgehead atoms. The van der Waals surface area contributed by atoms with Crippen molar-refractivity contribution in [3.8, 4) is 0 Å². The molecule has 0 aromatic heterocycles. The van der Waals surface area contributed by atoms with Gasteiger partial charge in [0, 0.05) is 18.5 Å². The average Bonchev–Trinajstić information content (AvgIpc) is 2.39. The van der Waals surface area contributed by atoms with Crippen LogP contribution in [-0.4, -0.2) is 29.8 Å². The van der Waals surface area contributed by atoms with Crippen molar-refractivity contribution in [2.75, 3.05) is 11.5 Å². The fraction of sp³-hybridized carbons (Fsp3) is 0.467. The molecule has 5 heteroatoms. The van der Waals surface area contributed by atoms with Crippen LogP contribution in [0.5, 0.6) is 0 Å². The molecule has 2 atom stereocenters. The lowest BCUT2D eigenvalue weighted by molar-refractivity contribution is -0.119. The number of anilines is 1. The van der Waals surface area contributed by atoms with E-state index >= 15 is 0 Å². The number of hydrogen-bond donors (Lipinski definition) is 1. The van der Waals surface area contributed by atoms with Gasteiger partial charge < -0.3 is 9.84 Å². The summed E-state index contributed by atoms with van der Waals surface area (Å²) in [5.74, 6) is -0.665. The molecule has 0 saturated carbocycles. The molecule has 1 amide bonds. The Morgan fingerprint density at radius 1 is 1.45 bits per heavy atom. The molecule has 0 radical (unpaired) electrons. The summed E-state index contributed by atoms with van der Waals surface area (Å²) in [7, 11) is 0. The van der Waals surface area contributed by atoms with Crippen molar-refractivity contribution in [3.63, 3.8) is 0 Å². The predicted molar refractivity (Wildman–Crippen MR) is 74.4 cm³/mol. The molecule has 108 valence electrons. The molecule has 0 spiro atoms. The van der Waals surface area contributed by atoms with E-state index in [2.05, 4.69) is 0 Å². The van der Waals surface area contributed by atoms with Crippen molar-refractivity contribution in [1.29, 1.82) is 0 Å². The van der Waals surface area contributed by atoms with E-state index in [4.69, 9.17) is 4.74 Å². The first-order valence-corrected chi connectivity index (χ1v) is 6.73. The summed E-state index contributed by atoms with van der Waals surface area (Å²) in [5.41, 5.74) is 2.01. The molecule has 20 heavy (non-hydrogen) atoms. The Bertz CT molecular complexity index is 541. The Morgan fingerprint density at radius 3 is 2.75 bits per heavy atom. The van der Waals surface area contributed by atoms with E-state index in [9.17, 15) is 14.7 Å². The molecule has 0 aliphatic carbocycles. The Kier molecular flexibility index (Phi) is 4.09. The maximum atomic E-state index is 11.7. The van der Waals surface area contributed by atoms with Crippen LogP contribution in [0, 0.1) is 5.92 Å². The van der Waals surface area contributed by atoms with Gasteiger partial charge in [0.2, 0.25) is 5.91 Å². The lowest BCUT2D eigenvalue weighted by Crippen LogP contribution is -2.47. The van der Waals surface area contributed by atoms with E-state index in [0.29, 0.717) is 24.3 Å². The fourth-order valence-corrected chi connectivity index (χ4v) is 2.53. The third-order valence-corrected chi connectivity index (χ3v) is 3.50. The average molecular weight is 277 g/mol. The summed E-state index contributed by atoms with van der Waals surface area (Å²) in [6.45, 7) is 5.38. The Labute approximate surface area is 118 Å². The number of carbonyl (C=O) groups is 2. The molecule has 1 aliphatic rings. The predicted octanol–water partition coefficient (Wildman–Crippen LogP) is 1.73. The first-order valence-electron chi connectivity index (χ1n) is 6.73. The highest BCUT2D eigenvalue weighted by Gasteiger charge is 2.33.